The van der Waals surface area contributed by atoms with Gasteiger partial charge in [0.2, 0.25) is 0 Å². The van der Waals surface area contributed by atoms with Gasteiger partial charge in [-0.25, -0.2) is 9.97 Å². The highest BCUT2D eigenvalue weighted by molar-refractivity contribution is 5.40. The Kier molecular flexibility index (Phi) is 2.95. The van der Waals surface area contributed by atoms with Gasteiger partial charge in [0.05, 0.1) is 13.2 Å². The molecule has 2 fully saturated rings. The molecule has 0 saturated carbocycles. The molecule has 18 heavy (non-hydrogen) atoms. The number of aromatic nitrogens is 2. The van der Waals surface area contributed by atoms with E-state index in [1.807, 2.05) is 19.9 Å². The zero-order valence-corrected chi connectivity index (χ0v) is 11.0. The maximum Gasteiger partial charge on any atom is 0.171 e. The molecule has 1 aromatic heterocycles. The predicted octanol–water partition coefficient (Wildman–Crippen LogP) is 1.44. The molecule has 0 N–H and O–H groups in total. The second-order valence-electron chi connectivity index (χ2n) is 5.01. The average molecular weight is 249 g/mol. The minimum atomic E-state index is -0.312. The lowest BCUT2D eigenvalue weighted by molar-refractivity contribution is -0.169. The van der Waals surface area contributed by atoms with Crippen LogP contribution in [0.1, 0.15) is 24.4 Å². The van der Waals surface area contributed by atoms with Crippen LogP contribution in [0.3, 0.4) is 0 Å². The molecule has 0 bridgehead atoms. The largest absolute Gasteiger partial charge is 0.356 e. The van der Waals surface area contributed by atoms with Gasteiger partial charge < -0.3 is 14.4 Å². The van der Waals surface area contributed by atoms with Gasteiger partial charge >= 0.3 is 0 Å². The van der Waals surface area contributed by atoms with E-state index in [2.05, 4.69) is 14.9 Å². The molecular weight excluding hydrogens is 230 g/mol. The van der Waals surface area contributed by atoms with Crippen LogP contribution in [-0.2, 0) is 9.47 Å². The first-order chi connectivity index (χ1) is 8.67. The van der Waals surface area contributed by atoms with Gasteiger partial charge in [0, 0.05) is 37.7 Å². The van der Waals surface area contributed by atoms with Crippen LogP contribution in [0.15, 0.2) is 6.07 Å². The summed E-state index contributed by atoms with van der Waals surface area (Å²) in [5, 5.41) is 0. The molecular formula is C13H19N3O2. The summed E-state index contributed by atoms with van der Waals surface area (Å²) in [6, 6.07) is 2.04. The van der Waals surface area contributed by atoms with Crippen LogP contribution in [0.2, 0.25) is 0 Å². The summed E-state index contributed by atoms with van der Waals surface area (Å²) in [4.78, 5) is 11.1. The Morgan fingerprint density at radius 1 is 1.11 bits per heavy atom. The number of nitrogens with zero attached hydrogens (tertiary/aromatic N) is 3. The van der Waals surface area contributed by atoms with Crippen LogP contribution in [0, 0.1) is 13.8 Å². The maximum atomic E-state index is 5.73. The number of anilines is 1. The molecule has 2 aliphatic heterocycles. The molecule has 0 radical (unpaired) electrons. The summed E-state index contributed by atoms with van der Waals surface area (Å²) in [5.41, 5.74) is 1.02. The Balaban J connectivity index is 1.72. The van der Waals surface area contributed by atoms with Crippen molar-refractivity contribution in [1.29, 1.82) is 0 Å². The molecule has 2 saturated heterocycles. The minimum absolute atomic E-state index is 0.312. The molecule has 98 valence electrons. The normalized spacial score (nSPS) is 22.7. The third-order valence-electron chi connectivity index (χ3n) is 3.62. The topological polar surface area (TPSA) is 47.5 Å². The van der Waals surface area contributed by atoms with E-state index in [1.54, 1.807) is 0 Å². The van der Waals surface area contributed by atoms with Crippen LogP contribution >= 0.6 is 0 Å². The Bertz CT molecular complexity index is 414. The highest BCUT2D eigenvalue weighted by Crippen LogP contribution is 2.32. The number of aryl methyl sites for hydroxylation is 2. The fourth-order valence-corrected chi connectivity index (χ4v) is 2.72. The van der Waals surface area contributed by atoms with E-state index >= 15 is 0 Å². The molecule has 0 atom stereocenters. The van der Waals surface area contributed by atoms with Crippen LogP contribution in [0.25, 0.3) is 0 Å². The Hall–Kier alpha value is -1.20. The third kappa shape index (κ3) is 2.20. The van der Waals surface area contributed by atoms with Crippen molar-refractivity contribution in [3.63, 3.8) is 0 Å². The summed E-state index contributed by atoms with van der Waals surface area (Å²) in [7, 11) is 0. The van der Waals surface area contributed by atoms with Gasteiger partial charge in [0.15, 0.2) is 5.79 Å². The second kappa shape index (κ2) is 4.48. The maximum absolute atomic E-state index is 5.73. The predicted molar refractivity (Wildman–Crippen MR) is 67.6 cm³/mol. The molecule has 2 aliphatic rings. The van der Waals surface area contributed by atoms with Gasteiger partial charge in [0.25, 0.3) is 0 Å². The first-order valence-electron chi connectivity index (χ1n) is 6.52. The van der Waals surface area contributed by atoms with Crippen molar-refractivity contribution in [3.05, 3.63) is 17.6 Å². The third-order valence-corrected chi connectivity index (χ3v) is 3.62. The summed E-state index contributed by atoms with van der Waals surface area (Å²) in [5.74, 6) is 1.54. The zero-order chi connectivity index (χ0) is 12.6. The molecule has 1 aromatic rings. The SMILES string of the molecule is Cc1cc(N2CCC3(CC2)OCCO3)nc(C)n1. The van der Waals surface area contributed by atoms with E-state index in [9.17, 15) is 0 Å². The fraction of sp³-hybridized carbons (Fsp3) is 0.692. The highest BCUT2D eigenvalue weighted by Gasteiger charge is 2.40. The van der Waals surface area contributed by atoms with E-state index in [4.69, 9.17) is 9.47 Å². The second-order valence-corrected chi connectivity index (χ2v) is 5.01. The van der Waals surface area contributed by atoms with Crippen molar-refractivity contribution in [2.45, 2.75) is 32.5 Å². The summed E-state index contributed by atoms with van der Waals surface area (Å²) < 4.78 is 11.5. The molecule has 5 heteroatoms. The highest BCUT2D eigenvalue weighted by atomic mass is 16.7. The van der Waals surface area contributed by atoms with Gasteiger partial charge in [-0.3, -0.25) is 0 Å². The Morgan fingerprint density at radius 3 is 2.39 bits per heavy atom. The number of hydrogen-bond acceptors (Lipinski definition) is 5. The molecule has 3 rings (SSSR count). The van der Waals surface area contributed by atoms with Gasteiger partial charge in [-0.1, -0.05) is 0 Å². The molecule has 1 spiro atoms. The lowest BCUT2D eigenvalue weighted by Crippen LogP contribution is -2.45. The van der Waals surface area contributed by atoms with Crippen LogP contribution in [0.4, 0.5) is 5.82 Å². The van der Waals surface area contributed by atoms with Gasteiger partial charge in [-0.15, -0.1) is 0 Å². The van der Waals surface area contributed by atoms with Gasteiger partial charge in [0.1, 0.15) is 11.6 Å². The first kappa shape index (κ1) is 11.9. The van der Waals surface area contributed by atoms with E-state index in [0.29, 0.717) is 0 Å². The van der Waals surface area contributed by atoms with E-state index in [0.717, 1.165) is 56.5 Å². The molecule has 0 amide bonds. The monoisotopic (exact) mass is 249 g/mol. The Labute approximate surface area is 107 Å². The number of hydrogen-bond donors (Lipinski definition) is 0. The van der Waals surface area contributed by atoms with Crippen molar-refractivity contribution in [2.75, 3.05) is 31.2 Å². The van der Waals surface area contributed by atoms with E-state index in [-0.39, 0.29) is 5.79 Å². The molecule has 3 heterocycles. The smallest absolute Gasteiger partial charge is 0.171 e. The van der Waals surface area contributed by atoms with Gasteiger partial charge in [-0.2, -0.15) is 0 Å². The molecule has 0 unspecified atom stereocenters. The van der Waals surface area contributed by atoms with Crippen molar-refractivity contribution in [2.24, 2.45) is 0 Å². The van der Waals surface area contributed by atoms with Crippen LogP contribution in [-0.4, -0.2) is 42.1 Å². The first-order valence-corrected chi connectivity index (χ1v) is 6.52. The Morgan fingerprint density at radius 2 is 1.78 bits per heavy atom. The minimum Gasteiger partial charge on any atom is -0.356 e. The van der Waals surface area contributed by atoms with Crippen molar-refractivity contribution in [3.8, 4) is 0 Å². The van der Waals surface area contributed by atoms with Crippen LogP contribution in [0.5, 0.6) is 0 Å². The molecule has 0 aromatic carbocycles. The van der Waals surface area contributed by atoms with Crippen molar-refractivity contribution in [1.82, 2.24) is 9.97 Å². The zero-order valence-electron chi connectivity index (χ0n) is 11.0. The number of rotatable bonds is 1. The van der Waals surface area contributed by atoms with Crippen molar-refractivity contribution >= 4 is 5.82 Å². The van der Waals surface area contributed by atoms with Crippen LogP contribution < -0.4 is 4.90 Å². The van der Waals surface area contributed by atoms with E-state index in [1.165, 1.54) is 0 Å². The van der Waals surface area contributed by atoms with E-state index < -0.39 is 0 Å². The lowest BCUT2D eigenvalue weighted by atomic mass is 10.0. The summed E-state index contributed by atoms with van der Waals surface area (Å²) >= 11 is 0. The molecule has 0 aliphatic carbocycles. The lowest BCUT2D eigenvalue weighted by Gasteiger charge is -2.38. The standard InChI is InChI=1S/C13H19N3O2/c1-10-9-12(15-11(2)14-10)16-5-3-13(4-6-16)17-7-8-18-13/h9H,3-8H2,1-2H3. The fourth-order valence-electron chi connectivity index (χ4n) is 2.72. The number of piperidine rings is 1. The number of ether oxygens (including phenoxy) is 2. The average Bonchev–Trinajstić information content (AvgIpc) is 2.77. The summed E-state index contributed by atoms with van der Waals surface area (Å²) in [6.07, 6.45) is 1.82. The molecule has 5 nitrogen and oxygen atoms in total. The quantitative estimate of drug-likeness (QED) is 0.753. The van der Waals surface area contributed by atoms with Gasteiger partial charge in [-0.05, 0) is 13.8 Å². The summed E-state index contributed by atoms with van der Waals surface area (Å²) in [6.45, 7) is 7.25. The van der Waals surface area contributed by atoms with Crippen molar-refractivity contribution < 1.29 is 9.47 Å².